The highest BCUT2D eigenvalue weighted by atomic mass is 127. The summed E-state index contributed by atoms with van der Waals surface area (Å²) in [6.45, 7) is 1.07. The van der Waals surface area contributed by atoms with E-state index in [0.29, 0.717) is 13.2 Å². The Bertz CT molecular complexity index is 576. The zero-order valence-corrected chi connectivity index (χ0v) is 16.6. The van der Waals surface area contributed by atoms with Gasteiger partial charge in [-0.1, -0.05) is 0 Å². The Kier molecular flexibility index (Phi) is 5.88. The van der Waals surface area contributed by atoms with Gasteiger partial charge >= 0.3 is 5.97 Å². The first-order chi connectivity index (χ1) is 9.41. The average molecular weight is 613 g/mol. The number of benzene rings is 1. The summed E-state index contributed by atoms with van der Waals surface area (Å²) in [5.41, 5.74) is 1.56. The molecule has 0 aliphatic carbocycles. The van der Waals surface area contributed by atoms with Crippen LogP contribution in [0.2, 0.25) is 0 Å². The molecule has 0 spiro atoms. The number of carboxylic acid groups (broad SMARTS) is 1. The van der Waals surface area contributed by atoms with Gasteiger partial charge in [-0.05, 0) is 79.4 Å². The number of halogens is 3. The molecule has 0 unspecified atom stereocenters. The molecule has 1 aliphatic rings. The lowest BCUT2D eigenvalue weighted by Crippen LogP contribution is -2.42. The SMILES string of the molecule is O=C(O)Cc1c(I)cc(I)c(N2CCOCC2=O)c1I. The Labute approximate surface area is 156 Å². The largest absolute Gasteiger partial charge is 0.481 e. The van der Waals surface area contributed by atoms with Gasteiger partial charge in [0.05, 0.1) is 18.7 Å². The van der Waals surface area contributed by atoms with Crippen molar-refractivity contribution in [3.8, 4) is 0 Å². The molecular formula is C12H10I3NO4. The predicted molar refractivity (Wildman–Crippen MR) is 99.1 cm³/mol. The predicted octanol–water partition coefficient (Wildman–Crippen LogP) is 2.49. The van der Waals surface area contributed by atoms with Crippen molar-refractivity contribution in [1.82, 2.24) is 0 Å². The van der Waals surface area contributed by atoms with Crippen LogP contribution in [0.1, 0.15) is 5.56 Å². The lowest BCUT2D eigenvalue weighted by molar-refractivity contribution is -0.136. The number of amides is 1. The number of rotatable bonds is 3. The van der Waals surface area contributed by atoms with Gasteiger partial charge in [0.15, 0.2) is 0 Å². The molecule has 5 nitrogen and oxygen atoms in total. The van der Waals surface area contributed by atoms with Crippen molar-refractivity contribution in [3.05, 3.63) is 22.3 Å². The van der Waals surface area contributed by atoms with Crippen LogP contribution in [-0.2, 0) is 20.7 Å². The molecule has 108 valence electrons. The van der Waals surface area contributed by atoms with Crippen molar-refractivity contribution < 1.29 is 19.4 Å². The molecule has 0 bridgehead atoms. The number of carbonyl (C=O) groups is 2. The first-order valence-electron chi connectivity index (χ1n) is 5.68. The van der Waals surface area contributed by atoms with Crippen LogP contribution in [0.25, 0.3) is 0 Å². The highest BCUT2D eigenvalue weighted by Crippen LogP contribution is 2.35. The molecule has 8 heteroatoms. The van der Waals surface area contributed by atoms with Gasteiger partial charge in [-0.3, -0.25) is 9.59 Å². The summed E-state index contributed by atoms with van der Waals surface area (Å²) in [5.74, 6) is -0.962. The van der Waals surface area contributed by atoms with Crippen molar-refractivity contribution >= 4 is 85.3 Å². The van der Waals surface area contributed by atoms with E-state index in [1.807, 2.05) is 6.07 Å². The van der Waals surface area contributed by atoms with E-state index in [2.05, 4.69) is 67.8 Å². The van der Waals surface area contributed by atoms with Gasteiger partial charge in [0, 0.05) is 17.3 Å². The molecule has 1 aromatic carbocycles. The summed E-state index contributed by atoms with van der Waals surface area (Å²) in [6.07, 6.45) is -0.0427. The minimum atomic E-state index is -0.874. The molecule has 0 aromatic heterocycles. The highest BCUT2D eigenvalue weighted by molar-refractivity contribution is 14.1. The fraction of sp³-hybridized carbons (Fsp3) is 0.333. The second-order valence-electron chi connectivity index (χ2n) is 4.15. The molecule has 1 heterocycles. The van der Waals surface area contributed by atoms with Gasteiger partial charge in [-0.25, -0.2) is 0 Å². The lowest BCUT2D eigenvalue weighted by atomic mass is 10.1. The Morgan fingerprint density at radius 1 is 1.35 bits per heavy atom. The summed E-state index contributed by atoms with van der Waals surface area (Å²) < 4.78 is 7.82. The smallest absolute Gasteiger partial charge is 0.307 e. The fourth-order valence-corrected chi connectivity index (χ4v) is 6.27. The second kappa shape index (κ2) is 7.05. The number of aliphatic carboxylic acids is 1. The van der Waals surface area contributed by atoms with Crippen LogP contribution in [0.4, 0.5) is 5.69 Å². The van der Waals surface area contributed by atoms with E-state index < -0.39 is 5.97 Å². The zero-order valence-electron chi connectivity index (χ0n) is 10.2. The van der Waals surface area contributed by atoms with E-state index in [9.17, 15) is 9.59 Å². The molecule has 20 heavy (non-hydrogen) atoms. The maximum Gasteiger partial charge on any atom is 0.307 e. The fourth-order valence-electron chi connectivity index (χ4n) is 1.93. The van der Waals surface area contributed by atoms with Gasteiger partial charge in [0.2, 0.25) is 0 Å². The van der Waals surface area contributed by atoms with Crippen LogP contribution in [0, 0.1) is 10.7 Å². The number of ether oxygens (including phenoxy) is 1. The Hall–Kier alpha value is 0.310. The first kappa shape index (κ1) is 16.7. The topological polar surface area (TPSA) is 66.8 Å². The minimum absolute atomic E-state index is 0.0427. The first-order valence-corrected chi connectivity index (χ1v) is 8.91. The Balaban J connectivity index is 2.51. The number of hydrogen-bond acceptors (Lipinski definition) is 3. The Morgan fingerprint density at radius 2 is 2.05 bits per heavy atom. The molecule has 0 radical (unpaired) electrons. The number of carbonyl (C=O) groups excluding carboxylic acids is 1. The summed E-state index contributed by atoms with van der Waals surface area (Å²) in [7, 11) is 0. The number of carboxylic acids is 1. The second-order valence-corrected chi connectivity index (χ2v) is 7.55. The molecule has 0 atom stereocenters. The van der Waals surface area contributed by atoms with Crippen LogP contribution < -0.4 is 4.90 Å². The van der Waals surface area contributed by atoms with Crippen molar-refractivity contribution in [2.75, 3.05) is 24.7 Å². The van der Waals surface area contributed by atoms with Gasteiger partial charge in [0.25, 0.3) is 5.91 Å². The minimum Gasteiger partial charge on any atom is -0.481 e. The molecule has 2 rings (SSSR count). The molecule has 1 amide bonds. The molecule has 0 saturated carbocycles. The van der Waals surface area contributed by atoms with E-state index >= 15 is 0 Å². The normalized spacial score (nSPS) is 15.6. The number of hydrogen-bond donors (Lipinski definition) is 1. The summed E-state index contributed by atoms with van der Waals surface area (Å²) >= 11 is 6.45. The van der Waals surface area contributed by atoms with Gasteiger partial charge in [0.1, 0.15) is 6.61 Å². The van der Waals surface area contributed by atoms with Crippen molar-refractivity contribution in [2.24, 2.45) is 0 Å². The van der Waals surface area contributed by atoms with Crippen LogP contribution in [0.15, 0.2) is 6.07 Å². The molecule has 1 aliphatic heterocycles. The van der Waals surface area contributed by atoms with E-state index in [-0.39, 0.29) is 18.9 Å². The van der Waals surface area contributed by atoms with E-state index in [1.54, 1.807) is 4.90 Å². The lowest BCUT2D eigenvalue weighted by Gasteiger charge is -2.29. The van der Waals surface area contributed by atoms with E-state index in [1.165, 1.54) is 0 Å². The Morgan fingerprint density at radius 3 is 2.65 bits per heavy atom. The molecule has 1 fully saturated rings. The van der Waals surface area contributed by atoms with Crippen molar-refractivity contribution in [2.45, 2.75) is 6.42 Å². The van der Waals surface area contributed by atoms with E-state index in [4.69, 9.17) is 9.84 Å². The summed E-state index contributed by atoms with van der Waals surface area (Å²) in [6, 6.07) is 1.92. The van der Waals surface area contributed by atoms with Gasteiger partial charge < -0.3 is 14.7 Å². The monoisotopic (exact) mass is 613 g/mol. The van der Waals surface area contributed by atoms with Crippen molar-refractivity contribution in [3.63, 3.8) is 0 Å². The third-order valence-electron chi connectivity index (χ3n) is 2.82. The summed E-state index contributed by atoms with van der Waals surface area (Å²) in [5, 5.41) is 9.03. The van der Waals surface area contributed by atoms with Gasteiger partial charge in [-0.2, -0.15) is 0 Å². The summed E-state index contributed by atoms with van der Waals surface area (Å²) in [4.78, 5) is 24.7. The number of anilines is 1. The third kappa shape index (κ3) is 3.55. The maximum absolute atomic E-state index is 12.0. The molecule has 1 N–H and O–H groups in total. The standard InChI is InChI=1S/C12H10I3NO4/c13-7-4-8(14)12(11(15)6(7)3-10(18)19)16-1-2-20-5-9(16)17/h4H,1-3,5H2,(H,18,19). The van der Waals surface area contributed by atoms with Crippen LogP contribution >= 0.6 is 67.8 Å². The van der Waals surface area contributed by atoms with Crippen molar-refractivity contribution in [1.29, 1.82) is 0 Å². The van der Waals surface area contributed by atoms with Crippen LogP contribution in [-0.4, -0.2) is 36.7 Å². The molecule has 1 saturated heterocycles. The van der Waals surface area contributed by atoms with E-state index in [0.717, 1.165) is 22.0 Å². The van der Waals surface area contributed by atoms with Gasteiger partial charge in [-0.15, -0.1) is 0 Å². The number of nitrogens with zero attached hydrogens (tertiary/aromatic N) is 1. The quantitative estimate of drug-likeness (QED) is 0.533. The highest BCUT2D eigenvalue weighted by Gasteiger charge is 2.26. The molecule has 1 aromatic rings. The third-order valence-corrected chi connectivity index (χ3v) is 5.77. The van der Waals surface area contributed by atoms with Crippen LogP contribution in [0.3, 0.4) is 0 Å². The average Bonchev–Trinajstić information content (AvgIpc) is 2.36. The zero-order chi connectivity index (χ0) is 14.9. The van der Waals surface area contributed by atoms with Crippen LogP contribution in [0.5, 0.6) is 0 Å². The number of morpholine rings is 1. The molecular weight excluding hydrogens is 603 g/mol. The maximum atomic E-state index is 12.0.